The number of imidazole rings is 1. The first-order chi connectivity index (χ1) is 9.24. The zero-order valence-electron chi connectivity index (χ0n) is 10.8. The van der Waals surface area contributed by atoms with Crippen molar-refractivity contribution in [1.29, 1.82) is 0 Å². The predicted molar refractivity (Wildman–Crippen MR) is 70.4 cm³/mol. The molecule has 0 saturated heterocycles. The number of ether oxygens (including phenoxy) is 1. The lowest BCUT2D eigenvalue weighted by Crippen LogP contribution is -2.16. The van der Waals surface area contributed by atoms with Gasteiger partial charge in [-0.1, -0.05) is 6.07 Å². The number of pyridine rings is 1. The zero-order chi connectivity index (χ0) is 13.7. The molecule has 2 aromatic heterocycles. The van der Waals surface area contributed by atoms with Crippen molar-refractivity contribution in [2.75, 3.05) is 20.3 Å². The highest BCUT2D eigenvalue weighted by atomic mass is 16.5. The number of methoxy groups -OCH3 is 1. The fourth-order valence-corrected chi connectivity index (χ4v) is 1.93. The Balaban J connectivity index is 2.12. The molecule has 2 N–H and O–H groups in total. The summed E-state index contributed by atoms with van der Waals surface area (Å²) in [6.07, 6.45) is 2.62. The minimum Gasteiger partial charge on any atom is -0.475 e. The number of aromatic carboxylic acids is 1. The van der Waals surface area contributed by atoms with Crippen molar-refractivity contribution < 1.29 is 14.6 Å². The third kappa shape index (κ3) is 3.10. The summed E-state index contributed by atoms with van der Waals surface area (Å²) in [5, 5.41) is 12.3. The number of nitrogens with zero attached hydrogens (tertiary/aromatic N) is 2. The molecule has 0 aliphatic rings. The number of hydrogen-bond acceptors (Lipinski definition) is 4. The highest BCUT2D eigenvalue weighted by Gasteiger charge is 2.15. The molecule has 0 aliphatic heterocycles. The van der Waals surface area contributed by atoms with E-state index in [1.165, 1.54) is 0 Å². The Kier molecular flexibility index (Phi) is 4.48. The molecular weight excluding hydrogens is 246 g/mol. The van der Waals surface area contributed by atoms with Crippen LogP contribution in [0.5, 0.6) is 0 Å². The van der Waals surface area contributed by atoms with E-state index in [9.17, 15) is 4.79 Å². The predicted octanol–water partition coefficient (Wildman–Crippen LogP) is 1.16. The lowest BCUT2D eigenvalue weighted by atomic mass is 10.3. The van der Waals surface area contributed by atoms with Gasteiger partial charge in [-0.2, -0.15) is 0 Å². The average molecular weight is 263 g/mol. The quantitative estimate of drug-likeness (QED) is 0.733. The summed E-state index contributed by atoms with van der Waals surface area (Å²) in [4.78, 5) is 15.3. The van der Waals surface area contributed by atoms with Crippen molar-refractivity contribution in [3.63, 3.8) is 0 Å². The number of fused-ring (bicyclic) bond motifs is 1. The molecule has 2 aromatic rings. The SMILES string of the molecule is COCCCNCc1nc(C(=O)O)n2ccccc12. The van der Waals surface area contributed by atoms with E-state index in [0.717, 1.165) is 24.2 Å². The molecule has 0 saturated carbocycles. The summed E-state index contributed by atoms with van der Waals surface area (Å²) < 4.78 is 6.55. The van der Waals surface area contributed by atoms with Crippen molar-refractivity contribution in [3.05, 3.63) is 35.9 Å². The Hall–Kier alpha value is -1.92. The first-order valence-electron chi connectivity index (χ1n) is 6.13. The van der Waals surface area contributed by atoms with Crippen LogP contribution in [-0.4, -0.2) is 40.7 Å². The van der Waals surface area contributed by atoms with Gasteiger partial charge in [0.1, 0.15) is 0 Å². The molecule has 6 nitrogen and oxygen atoms in total. The Morgan fingerprint density at radius 1 is 1.53 bits per heavy atom. The summed E-state index contributed by atoms with van der Waals surface area (Å²) in [5.41, 5.74) is 1.56. The number of carboxylic acids is 1. The maximum Gasteiger partial charge on any atom is 0.372 e. The lowest BCUT2D eigenvalue weighted by Gasteiger charge is -2.02. The first kappa shape index (κ1) is 13.5. The number of hydrogen-bond donors (Lipinski definition) is 2. The monoisotopic (exact) mass is 263 g/mol. The molecule has 0 bridgehead atoms. The van der Waals surface area contributed by atoms with Crippen molar-refractivity contribution in [3.8, 4) is 0 Å². The number of carboxylic acid groups (broad SMARTS) is 1. The molecule has 0 aromatic carbocycles. The standard InChI is InChI=1S/C13H17N3O3/c1-19-8-4-6-14-9-10-11-5-2-3-7-16(11)12(15-10)13(17)18/h2-3,5,7,14H,4,6,8-9H2,1H3,(H,17,18). The largest absolute Gasteiger partial charge is 0.475 e. The Bertz CT molecular complexity index is 565. The minimum atomic E-state index is -1.02. The van der Waals surface area contributed by atoms with E-state index in [1.54, 1.807) is 23.8 Å². The van der Waals surface area contributed by atoms with Crippen molar-refractivity contribution >= 4 is 11.5 Å². The third-order valence-corrected chi connectivity index (χ3v) is 2.81. The molecule has 0 atom stereocenters. The highest BCUT2D eigenvalue weighted by Crippen LogP contribution is 2.13. The molecule has 0 fully saturated rings. The average Bonchev–Trinajstić information content (AvgIpc) is 2.78. The number of carbonyl (C=O) groups is 1. The van der Waals surface area contributed by atoms with Crippen LogP contribution in [0, 0.1) is 0 Å². The molecule has 0 aliphatic carbocycles. The van der Waals surface area contributed by atoms with Gasteiger partial charge in [0.2, 0.25) is 5.82 Å². The molecule has 0 amide bonds. The van der Waals surface area contributed by atoms with E-state index < -0.39 is 5.97 Å². The van der Waals surface area contributed by atoms with Crippen LogP contribution in [0.2, 0.25) is 0 Å². The highest BCUT2D eigenvalue weighted by molar-refractivity contribution is 5.85. The van der Waals surface area contributed by atoms with Gasteiger partial charge in [-0.25, -0.2) is 9.78 Å². The van der Waals surface area contributed by atoms with E-state index in [4.69, 9.17) is 9.84 Å². The van der Waals surface area contributed by atoms with Crippen LogP contribution in [0.1, 0.15) is 22.7 Å². The zero-order valence-corrected chi connectivity index (χ0v) is 10.8. The normalized spacial score (nSPS) is 11.0. The molecular formula is C13H17N3O3. The summed E-state index contributed by atoms with van der Waals surface area (Å²) in [7, 11) is 1.67. The second-order valence-electron chi connectivity index (χ2n) is 4.17. The molecule has 6 heteroatoms. The van der Waals surface area contributed by atoms with Crippen LogP contribution in [0.4, 0.5) is 0 Å². The summed E-state index contributed by atoms with van der Waals surface area (Å²) in [6, 6.07) is 5.53. The van der Waals surface area contributed by atoms with E-state index in [1.807, 2.05) is 12.1 Å². The van der Waals surface area contributed by atoms with Gasteiger partial charge >= 0.3 is 5.97 Å². The number of nitrogens with one attached hydrogen (secondary N) is 1. The van der Waals surface area contributed by atoms with Crippen molar-refractivity contribution in [2.45, 2.75) is 13.0 Å². The van der Waals surface area contributed by atoms with Crippen LogP contribution in [0.3, 0.4) is 0 Å². The summed E-state index contributed by atoms with van der Waals surface area (Å²) in [5.74, 6) is -0.976. The molecule has 19 heavy (non-hydrogen) atoms. The molecule has 2 heterocycles. The number of rotatable bonds is 7. The van der Waals surface area contributed by atoms with E-state index >= 15 is 0 Å². The van der Waals surface area contributed by atoms with E-state index in [-0.39, 0.29) is 5.82 Å². The summed E-state index contributed by atoms with van der Waals surface area (Å²) in [6.45, 7) is 2.06. The van der Waals surface area contributed by atoms with E-state index in [0.29, 0.717) is 13.2 Å². The topological polar surface area (TPSA) is 75.9 Å². The fourth-order valence-electron chi connectivity index (χ4n) is 1.93. The van der Waals surface area contributed by atoms with Crippen LogP contribution in [0.25, 0.3) is 5.52 Å². The third-order valence-electron chi connectivity index (χ3n) is 2.81. The van der Waals surface area contributed by atoms with Crippen molar-refractivity contribution in [1.82, 2.24) is 14.7 Å². The molecule has 102 valence electrons. The maximum absolute atomic E-state index is 11.1. The van der Waals surface area contributed by atoms with Crippen LogP contribution in [0.15, 0.2) is 24.4 Å². The molecule has 0 unspecified atom stereocenters. The number of aromatic nitrogens is 2. The smallest absolute Gasteiger partial charge is 0.372 e. The van der Waals surface area contributed by atoms with Gasteiger partial charge in [0.05, 0.1) is 11.2 Å². The van der Waals surface area contributed by atoms with Gasteiger partial charge in [-0.15, -0.1) is 0 Å². The van der Waals surface area contributed by atoms with Crippen LogP contribution in [-0.2, 0) is 11.3 Å². The van der Waals surface area contributed by atoms with Crippen LogP contribution < -0.4 is 5.32 Å². The van der Waals surface area contributed by atoms with Gasteiger partial charge in [0.15, 0.2) is 0 Å². The van der Waals surface area contributed by atoms with Gasteiger partial charge < -0.3 is 15.2 Å². The molecule has 0 spiro atoms. The fraction of sp³-hybridized carbons (Fsp3) is 0.385. The lowest BCUT2D eigenvalue weighted by molar-refractivity contribution is 0.0682. The maximum atomic E-state index is 11.1. The molecule has 2 rings (SSSR count). The van der Waals surface area contributed by atoms with Gasteiger partial charge in [-0.05, 0) is 25.1 Å². The Morgan fingerprint density at radius 2 is 2.37 bits per heavy atom. The minimum absolute atomic E-state index is 0.0456. The van der Waals surface area contributed by atoms with Gasteiger partial charge in [0.25, 0.3) is 0 Å². The Labute approximate surface area is 111 Å². The van der Waals surface area contributed by atoms with Gasteiger partial charge in [0, 0.05) is 26.5 Å². The van der Waals surface area contributed by atoms with Gasteiger partial charge in [-0.3, -0.25) is 4.40 Å². The summed E-state index contributed by atoms with van der Waals surface area (Å²) >= 11 is 0. The first-order valence-corrected chi connectivity index (χ1v) is 6.13. The Morgan fingerprint density at radius 3 is 3.11 bits per heavy atom. The molecule has 0 radical (unpaired) electrons. The van der Waals surface area contributed by atoms with Crippen molar-refractivity contribution in [2.24, 2.45) is 0 Å². The van der Waals surface area contributed by atoms with Crippen LogP contribution >= 0.6 is 0 Å². The second kappa shape index (κ2) is 6.31. The second-order valence-corrected chi connectivity index (χ2v) is 4.17. The van der Waals surface area contributed by atoms with E-state index in [2.05, 4.69) is 10.3 Å².